The Hall–Kier alpha value is -2.96. The van der Waals surface area contributed by atoms with Gasteiger partial charge in [0.15, 0.2) is 5.13 Å². The van der Waals surface area contributed by atoms with Crippen molar-refractivity contribution in [3.8, 4) is 0 Å². The van der Waals surface area contributed by atoms with Crippen LogP contribution in [-0.4, -0.2) is 16.8 Å². The van der Waals surface area contributed by atoms with Gasteiger partial charge in [-0.1, -0.05) is 48.0 Å². The van der Waals surface area contributed by atoms with Gasteiger partial charge in [0, 0.05) is 22.2 Å². The molecule has 2 N–H and O–H groups in total. The SMILES string of the molecule is O=C(/C=C/c1ccccc1)Nc1nc(CC(=O)Nc2cccc(Cl)c2)cs1. The minimum atomic E-state index is -0.275. The molecule has 5 nitrogen and oxygen atoms in total. The summed E-state index contributed by atoms with van der Waals surface area (Å²) in [5.74, 6) is -0.479. The van der Waals surface area contributed by atoms with Crippen LogP contribution in [0.25, 0.3) is 6.08 Å². The molecule has 27 heavy (non-hydrogen) atoms. The monoisotopic (exact) mass is 397 g/mol. The second-order valence-corrected chi connectivity index (χ2v) is 6.91. The Bertz CT molecular complexity index is 970. The van der Waals surface area contributed by atoms with E-state index in [4.69, 9.17) is 11.6 Å². The van der Waals surface area contributed by atoms with Gasteiger partial charge in [0.1, 0.15) is 0 Å². The number of halogens is 1. The topological polar surface area (TPSA) is 71.1 Å². The molecule has 2 aromatic carbocycles. The first kappa shape index (κ1) is 18.8. The molecule has 7 heteroatoms. The lowest BCUT2D eigenvalue weighted by Gasteiger charge is -2.04. The summed E-state index contributed by atoms with van der Waals surface area (Å²) in [5, 5.41) is 8.20. The van der Waals surface area contributed by atoms with Crippen molar-refractivity contribution in [3.05, 3.63) is 82.3 Å². The fraction of sp³-hybridized carbons (Fsp3) is 0.0500. The lowest BCUT2D eigenvalue weighted by Crippen LogP contribution is -2.14. The van der Waals surface area contributed by atoms with Gasteiger partial charge in [0.2, 0.25) is 11.8 Å². The average Bonchev–Trinajstić information content (AvgIpc) is 3.07. The van der Waals surface area contributed by atoms with Gasteiger partial charge in [-0.3, -0.25) is 14.9 Å². The third-order valence-electron chi connectivity index (χ3n) is 3.46. The number of amides is 2. The molecule has 136 valence electrons. The standard InChI is InChI=1S/C20H16ClN3O2S/c21-15-7-4-8-16(11-15)22-19(26)12-17-13-27-20(23-17)24-18(25)10-9-14-5-2-1-3-6-14/h1-11,13H,12H2,(H,22,26)(H,23,24,25)/b10-9+. The minimum absolute atomic E-state index is 0.110. The van der Waals surface area contributed by atoms with E-state index in [1.807, 2.05) is 30.3 Å². The van der Waals surface area contributed by atoms with Crippen LogP contribution < -0.4 is 10.6 Å². The third kappa shape index (κ3) is 6.06. The number of rotatable bonds is 6. The molecule has 0 atom stereocenters. The van der Waals surface area contributed by atoms with Crippen LogP contribution >= 0.6 is 22.9 Å². The van der Waals surface area contributed by atoms with E-state index in [1.165, 1.54) is 17.4 Å². The highest BCUT2D eigenvalue weighted by molar-refractivity contribution is 7.14. The number of hydrogen-bond acceptors (Lipinski definition) is 4. The zero-order chi connectivity index (χ0) is 19.1. The Kier molecular flexibility index (Phi) is 6.35. The highest BCUT2D eigenvalue weighted by Gasteiger charge is 2.09. The molecule has 2 amide bonds. The number of anilines is 2. The van der Waals surface area contributed by atoms with E-state index in [-0.39, 0.29) is 18.2 Å². The summed E-state index contributed by atoms with van der Waals surface area (Å²) in [6.07, 6.45) is 3.28. The highest BCUT2D eigenvalue weighted by Crippen LogP contribution is 2.18. The number of carbonyl (C=O) groups is 2. The zero-order valence-electron chi connectivity index (χ0n) is 14.2. The third-order valence-corrected chi connectivity index (χ3v) is 4.50. The number of hydrogen-bond donors (Lipinski definition) is 2. The Morgan fingerprint density at radius 2 is 1.89 bits per heavy atom. The number of aromatic nitrogens is 1. The molecular weight excluding hydrogens is 382 g/mol. The van der Waals surface area contributed by atoms with Crippen LogP contribution in [0.15, 0.2) is 66.1 Å². The van der Waals surface area contributed by atoms with Crippen LogP contribution in [0.3, 0.4) is 0 Å². The molecule has 0 saturated carbocycles. The van der Waals surface area contributed by atoms with Gasteiger partial charge in [-0.05, 0) is 29.8 Å². The van der Waals surface area contributed by atoms with Gasteiger partial charge in [0.05, 0.1) is 12.1 Å². The van der Waals surface area contributed by atoms with Crippen LogP contribution in [0.1, 0.15) is 11.3 Å². The first-order valence-electron chi connectivity index (χ1n) is 8.12. The lowest BCUT2D eigenvalue weighted by molar-refractivity contribution is -0.115. The Balaban J connectivity index is 1.52. The molecule has 0 bridgehead atoms. The average molecular weight is 398 g/mol. The summed E-state index contributed by atoms with van der Waals surface area (Å²) in [6, 6.07) is 16.5. The van der Waals surface area contributed by atoms with E-state index in [9.17, 15) is 9.59 Å². The predicted octanol–water partition coefficient (Wildman–Crippen LogP) is 4.63. The van der Waals surface area contributed by atoms with E-state index in [0.717, 1.165) is 5.56 Å². The van der Waals surface area contributed by atoms with Gasteiger partial charge >= 0.3 is 0 Å². The van der Waals surface area contributed by atoms with E-state index in [1.54, 1.807) is 35.7 Å². The first-order valence-corrected chi connectivity index (χ1v) is 9.38. The predicted molar refractivity (Wildman–Crippen MR) is 110 cm³/mol. The molecule has 0 unspecified atom stereocenters. The second-order valence-electron chi connectivity index (χ2n) is 5.61. The largest absolute Gasteiger partial charge is 0.326 e. The molecule has 0 spiro atoms. The summed E-state index contributed by atoms with van der Waals surface area (Å²) in [5.41, 5.74) is 2.15. The quantitative estimate of drug-likeness (QED) is 0.596. The summed E-state index contributed by atoms with van der Waals surface area (Å²) in [4.78, 5) is 28.3. The van der Waals surface area contributed by atoms with Gasteiger partial charge in [-0.15, -0.1) is 11.3 Å². The van der Waals surface area contributed by atoms with E-state index >= 15 is 0 Å². The minimum Gasteiger partial charge on any atom is -0.326 e. The molecule has 0 aliphatic heterocycles. The zero-order valence-corrected chi connectivity index (χ0v) is 15.8. The van der Waals surface area contributed by atoms with Crippen molar-refractivity contribution >= 4 is 51.6 Å². The Morgan fingerprint density at radius 1 is 1.07 bits per heavy atom. The molecule has 0 fully saturated rings. The number of nitrogens with one attached hydrogen (secondary N) is 2. The van der Waals surface area contributed by atoms with E-state index in [2.05, 4.69) is 15.6 Å². The van der Waals surface area contributed by atoms with Crippen LogP contribution in [0, 0.1) is 0 Å². The second kappa shape index (κ2) is 9.12. The number of carbonyl (C=O) groups excluding carboxylic acids is 2. The Morgan fingerprint density at radius 3 is 2.67 bits per heavy atom. The molecular formula is C20H16ClN3O2S. The summed E-state index contributed by atoms with van der Waals surface area (Å²) >= 11 is 7.17. The summed E-state index contributed by atoms with van der Waals surface area (Å²) < 4.78 is 0. The maximum absolute atomic E-state index is 12.1. The highest BCUT2D eigenvalue weighted by atomic mass is 35.5. The number of benzene rings is 2. The fourth-order valence-corrected chi connectivity index (χ4v) is 3.17. The Labute approximate surface area is 165 Å². The van der Waals surface area contributed by atoms with Crippen LogP contribution in [-0.2, 0) is 16.0 Å². The van der Waals surface area contributed by atoms with E-state index < -0.39 is 0 Å². The maximum Gasteiger partial charge on any atom is 0.250 e. The van der Waals surface area contributed by atoms with Crippen molar-refractivity contribution in [2.24, 2.45) is 0 Å². The van der Waals surface area contributed by atoms with Gasteiger partial charge in [0.25, 0.3) is 0 Å². The van der Waals surface area contributed by atoms with Crippen molar-refractivity contribution in [1.29, 1.82) is 0 Å². The van der Waals surface area contributed by atoms with E-state index in [0.29, 0.717) is 21.5 Å². The molecule has 0 radical (unpaired) electrons. The maximum atomic E-state index is 12.1. The van der Waals surface area contributed by atoms with Crippen LogP contribution in [0.5, 0.6) is 0 Å². The van der Waals surface area contributed by atoms with Gasteiger partial charge in [-0.25, -0.2) is 4.98 Å². The molecule has 0 aliphatic carbocycles. The van der Waals surface area contributed by atoms with Gasteiger partial charge in [-0.2, -0.15) is 0 Å². The van der Waals surface area contributed by atoms with Crippen LogP contribution in [0.4, 0.5) is 10.8 Å². The molecule has 3 rings (SSSR count). The molecule has 0 aliphatic rings. The number of thiazole rings is 1. The molecule has 1 heterocycles. The lowest BCUT2D eigenvalue weighted by atomic mass is 10.2. The van der Waals surface area contributed by atoms with Crippen molar-refractivity contribution < 1.29 is 9.59 Å². The van der Waals surface area contributed by atoms with Crippen molar-refractivity contribution in [2.75, 3.05) is 10.6 Å². The molecule has 3 aromatic rings. The fourth-order valence-electron chi connectivity index (χ4n) is 2.26. The molecule has 0 saturated heterocycles. The van der Waals surface area contributed by atoms with Crippen LogP contribution in [0.2, 0.25) is 5.02 Å². The van der Waals surface area contributed by atoms with Crippen molar-refractivity contribution in [1.82, 2.24) is 4.98 Å². The normalized spacial score (nSPS) is 10.7. The summed E-state index contributed by atoms with van der Waals surface area (Å²) in [6.45, 7) is 0. The van der Waals surface area contributed by atoms with Crippen molar-refractivity contribution in [3.63, 3.8) is 0 Å². The first-order chi connectivity index (χ1) is 13.1. The van der Waals surface area contributed by atoms with Gasteiger partial charge < -0.3 is 5.32 Å². The smallest absolute Gasteiger partial charge is 0.250 e. The number of nitrogens with zero attached hydrogens (tertiary/aromatic N) is 1. The van der Waals surface area contributed by atoms with Crippen molar-refractivity contribution in [2.45, 2.75) is 6.42 Å². The summed E-state index contributed by atoms with van der Waals surface area (Å²) in [7, 11) is 0. The molecule has 1 aromatic heterocycles.